The molecular weight excluding hydrogens is 458 g/mol. The molecule has 0 aliphatic heterocycles. The predicted octanol–water partition coefficient (Wildman–Crippen LogP) is 5.20. The van der Waals surface area contributed by atoms with Gasteiger partial charge >= 0.3 is 6.09 Å². The first-order chi connectivity index (χ1) is 17.0. The number of carbonyl (C=O) groups excluding carboxylic acids is 3. The van der Waals surface area contributed by atoms with E-state index in [2.05, 4.69) is 17.6 Å². The molecule has 1 fully saturated rings. The van der Waals surface area contributed by atoms with Gasteiger partial charge in [0.05, 0.1) is 0 Å². The molecule has 0 spiro atoms. The Labute approximate surface area is 216 Å². The summed E-state index contributed by atoms with van der Waals surface area (Å²) in [5.41, 5.74) is -0.329. The number of benzene rings is 1. The number of unbranched alkanes of at least 4 members (excludes halogenated alkanes) is 3. The molecule has 0 bridgehead atoms. The molecule has 1 aromatic rings. The Kier molecular flexibility index (Phi) is 11.5. The van der Waals surface area contributed by atoms with Crippen LogP contribution >= 0.6 is 0 Å². The van der Waals surface area contributed by atoms with Crippen molar-refractivity contribution in [2.75, 3.05) is 6.54 Å². The molecule has 3 N–H and O–H groups in total. The Morgan fingerprint density at radius 1 is 1.08 bits per heavy atom. The molecule has 1 aliphatic rings. The minimum Gasteiger partial charge on any atom is -0.508 e. The normalized spacial score (nSPS) is 16.0. The molecule has 0 saturated heterocycles. The van der Waals surface area contributed by atoms with Crippen molar-refractivity contribution in [3.05, 3.63) is 29.8 Å². The zero-order valence-electron chi connectivity index (χ0n) is 22.6. The lowest BCUT2D eigenvalue weighted by atomic mass is 9.94. The van der Waals surface area contributed by atoms with Crippen molar-refractivity contribution in [1.82, 2.24) is 15.5 Å². The van der Waals surface area contributed by atoms with E-state index in [9.17, 15) is 19.5 Å². The van der Waals surface area contributed by atoms with Gasteiger partial charge in [0.25, 0.3) is 0 Å². The fraction of sp³-hybridized carbons (Fsp3) is 0.679. The van der Waals surface area contributed by atoms with Crippen LogP contribution in [0.15, 0.2) is 24.3 Å². The van der Waals surface area contributed by atoms with E-state index in [1.807, 2.05) is 0 Å². The van der Waals surface area contributed by atoms with Gasteiger partial charge in [0, 0.05) is 18.2 Å². The number of nitrogens with zero attached hydrogens (tertiary/aromatic N) is 1. The second-order valence-electron chi connectivity index (χ2n) is 10.8. The lowest BCUT2D eigenvalue weighted by Crippen LogP contribution is -2.53. The lowest BCUT2D eigenvalue weighted by molar-refractivity contribution is -0.142. The third kappa shape index (κ3) is 9.36. The van der Waals surface area contributed by atoms with Crippen LogP contribution in [-0.2, 0) is 14.3 Å². The van der Waals surface area contributed by atoms with E-state index >= 15 is 0 Å². The monoisotopic (exact) mass is 503 g/mol. The molecule has 0 aromatic heterocycles. The summed E-state index contributed by atoms with van der Waals surface area (Å²) in [6, 6.07) is 4.77. The number of rotatable bonds is 11. The number of phenolic OH excluding ortho intramolecular Hbond substituents is 1. The van der Waals surface area contributed by atoms with Crippen molar-refractivity contribution in [3.8, 4) is 5.75 Å². The first-order valence-electron chi connectivity index (χ1n) is 13.4. The van der Waals surface area contributed by atoms with Gasteiger partial charge in [0.15, 0.2) is 0 Å². The van der Waals surface area contributed by atoms with Gasteiger partial charge in [-0.2, -0.15) is 0 Å². The Hall–Kier alpha value is -2.77. The molecule has 8 nitrogen and oxygen atoms in total. The highest BCUT2D eigenvalue weighted by molar-refractivity contribution is 5.92. The average Bonchev–Trinajstić information content (AvgIpc) is 2.80. The number of amides is 3. The van der Waals surface area contributed by atoms with E-state index in [4.69, 9.17) is 4.74 Å². The lowest BCUT2D eigenvalue weighted by Gasteiger charge is -2.35. The minimum absolute atomic E-state index is 0.0413. The van der Waals surface area contributed by atoms with Gasteiger partial charge in [-0.15, -0.1) is 0 Å². The van der Waals surface area contributed by atoms with E-state index < -0.39 is 29.7 Å². The van der Waals surface area contributed by atoms with Crippen molar-refractivity contribution < 1.29 is 24.2 Å². The van der Waals surface area contributed by atoms with Gasteiger partial charge in [-0.05, 0) is 53.0 Å². The van der Waals surface area contributed by atoms with Crippen molar-refractivity contribution in [3.63, 3.8) is 0 Å². The first-order valence-corrected chi connectivity index (χ1v) is 13.4. The van der Waals surface area contributed by atoms with Crippen molar-refractivity contribution in [1.29, 1.82) is 0 Å². The SMILES string of the molecule is CCCCCCN(C(=O)C(C)NC(=O)OC(C)(C)C)C(C(=O)NC1CCCCC1)c1ccccc1O. The van der Waals surface area contributed by atoms with E-state index in [0.29, 0.717) is 18.5 Å². The number of phenols is 1. The van der Waals surface area contributed by atoms with Crippen LogP contribution < -0.4 is 10.6 Å². The van der Waals surface area contributed by atoms with Gasteiger partial charge in [0.1, 0.15) is 23.4 Å². The van der Waals surface area contributed by atoms with E-state index in [1.165, 1.54) is 11.0 Å². The van der Waals surface area contributed by atoms with Crippen molar-refractivity contribution in [2.24, 2.45) is 0 Å². The molecular formula is C28H45N3O5. The molecule has 2 rings (SSSR count). The smallest absolute Gasteiger partial charge is 0.408 e. The number of nitrogens with one attached hydrogen (secondary N) is 2. The fourth-order valence-corrected chi connectivity index (χ4v) is 4.57. The quantitative estimate of drug-likeness (QED) is 0.360. The van der Waals surface area contributed by atoms with Crippen LogP contribution in [0, 0.1) is 0 Å². The maximum Gasteiger partial charge on any atom is 0.408 e. The maximum atomic E-state index is 13.7. The molecule has 0 radical (unpaired) electrons. The summed E-state index contributed by atoms with van der Waals surface area (Å²) in [6.45, 7) is 9.29. The molecule has 8 heteroatoms. The molecule has 1 aliphatic carbocycles. The van der Waals surface area contributed by atoms with Crippen LogP contribution in [0.3, 0.4) is 0 Å². The number of hydrogen-bond donors (Lipinski definition) is 3. The summed E-state index contributed by atoms with van der Waals surface area (Å²) in [6.07, 6.45) is 8.06. The van der Waals surface area contributed by atoms with Gasteiger partial charge in [0.2, 0.25) is 11.8 Å². The summed E-state index contributed by atoms with van der Waals surface area (Å²) >= 11 is 0. The van der Waals surface area contributed by atoms with E-state index in [1.54, 1.807) is 45.9 Å². The van der Waals surface area contributed by atoms with Crippen LogP contribution in [0.5, 0.6) is 5.75 Å². The third-order valence-electron chi connectivity index (χ3n) is 6.38. The number of hydrogen-bond acceptors (Lipinski definition) is 5. The molecule has 0 heterocycles. The molecule has 1 aromatic carbocycles. The van der Waals surface area contributed by atoms with Crippen LogP contribution in [0.4, 0.5) is 4.79 Å². The summed E-state index contributed by atoms with van der Waals surface area (Å²) < 4.78 is 5.32. The minimum atomic E-state index is -1.01. The summed E-state index contributed by atoms with van der Waals surface area (Å²) in [4.78, 5) is 41.3. The summed E-state index contributed by atoms with van der Waals surface area (Å²) in [5.74, 6) is -0.749. The topological polar surface area (TPSA) is 108 Å². The number of para-hydroxylation sites is 1. The van der Waals surface area contributed by atoms with Gasteiger partial charge < -0.3 is 25.4 Å². The Morgan fingerprint density at radius 3 is 2.36 bits per heavy atom. The van der Waals surface area contributed by atoms with E-state index in [0.717, 1.165) is 51.4 Å². The molecule has 3 amide bonds. The summed E-state index contributed by atoms with van der Waals surface area (Å²) in [5, 5.41) is 16.4. The first kappa shape index (κ1) is 29.5. The molecule has 2 unspecified atom stereocenters. The number of carbonyl (C=O) groups is 3. The zero-order chi connectivity index (χ0) is 26.7. The van der Waals surface area contributed by atoms with Crippen LogP contribution in [0.25, 0.3) is 0 Å². The largest absolute Gasteiger partial charge is 0.508 e. The van der Waals surface area contributed by atoms with Gasteiger partial charge in [-0.1, -0.05) is 63.6 Å². The Morgan fingerprint density at radius 2 is 1.75 bits per heavy atom. The van der Waals surface area contributed by atoms with Crippen molar-refractivity contribution in [2.45, 2.75) is 116 Å². The highest BCUT2D eigenvalue weighted by Gasteiger charge is 2.36. The maximum absolute atomic E-state index is 13.7. The standard InChI is InChI=1S/C28H45N3O5/c1-6-7-8-14-19-31(26(34)20(2)29-27(35)36-28(3,4)5)24(22-17-12-13-18-23(22)32)25(33)30-21-15-10-9-11-16-21/h12-13,17-18,20-21,24,32H,6-11,14-16,19H2,1-5H3,(H,29,35)(H,30,33). The Balaban J connectivity index is 2.35. The predicted molar refractivity (Wildman–Crippen MR) is 141 cm³/mol. The highest BCUT2D eigenvalue weighted by Crippen LogP contribution is 2.31. The van der Waals surface area contributed by atoms with Crippen LogP contribution in [-0.4, -0.2) is 52.1 Å². The van der Waals surface area contributed by atoms with Crippen LogP contribution in [0.1, 0.15) is 104 Å². The van der Waals surface area contributed by atoms with Crippen LogP contribution in [0.2, 0.25) is 0 Å². The van der Waals surface area contributed by atoms with E-state index in [-0.39, 0.29) is 17.7 Å². The molecule has 2 atom stereocenters. The second-order valence-corrected chi connectivity index (χ2v) is 10.8. The van der Waals surface area contributed by atoms with Gasteiger partial charge in [-0.25, -0.2) is 4.79 Å². The fourth-order valence-electron chi connectivity index (χ4n) is 4.57. The average molecular weight is 504 g/mol. The van der Waals surface area contributed by atoms with Gasteiger partial charge in [-0.3, -0.25) is 9.59 Å². The van der Waals surface area contributed by atoms with Crippen molar-refractivity contribution >= 4 is 17.9 Å². The molecule has 36 heavy (non-hydrogen) atoms. The highest BCUT2D eigenvalue weighted by atomic mass is 16.6. The Bertz CT molecular complexity index is 861. The number of aromatic hydroxyl groups is 1. The number of alkyl carbamates (subject to hydrolysis) is 1. The molecule has 202 valence electrons. The third-order valence-corrected chi connectivity index (χ3v) is 6.38. The zero-order valence-corrected chi connectivity index (χ0v) is 22.6. The molecule has 1 saturated carbocycles. The second kappa shape index (κ2) is 14.1. The summed E-state index contributed by atoms with van der Waals surface area (Å²) in [7, 11) is 0. The number of ether oxygens (including phenoxy) is 1.